The Morgan fingerprint density at radius 1 is 1.07 bits per heavy atom. The van der Waals surface area contributed by atoms with Crippen molar-refractivity contribution in [2.75, 3.05) is 13.7 Å². The molecule has 0 unspecified atom stereocenters. The van der Waals surface area contributed by atoms with Crippen molar-refractivity contribution in [3.05, 3.63) is 64.9 Å². The third-order valence-electron chi connectivity index (χ3n) is 4.27. The molecule has 0 aliphatic heterocycles. The predicted molar refractivity (Wildman–Crippen MR) is 101 cm³/mol. The largest absolute Gasteiger partial charge is 0.497 e. The van der Waals surface area contributed by atoms with E-state index in [1.54, 1.807) is 32.2 Å². The fourth-order valence-corrected chi connectivity index (χ4v) is 2.68. The van der Waals surface area contributed by atoms with Crippen molar-refractivity contribution in [2.24, 2.45) is 0 Å². The second-order valence-corrected chi connectivity index (χ2v) is 6.26. The van der Waals surface area contributed by atoms with Gasteiger partial charge in [-0.3, -0.25) is 4.79 Å². The average Bonchev–Trinajstić information content (AvgIpc) is 3.01. The number of amides is 1. The highest BCUT2D eigenvalue weighted by Gasteiger charge is 2.20. The van der Waals surface area contributed by atoms with Crippen LogP contribution in [0, 0.1) is 13.8 Å². The Balaban J connectivity index is 1.58. The van der Waals surface area contributed by atoms with Crippen molar-refractivity contribution in [3.63, 3.8) is 0 Å². The molecule has 0 bridgehead atoms. The van der Waals surface area contributed by atoms with E-state index in [4.69, 9.17) is 13.9 Å². The van der Waals surface area contributed by atoms with E-state index in [1.165, 1.54) is 0 Å². The number of furan rings is 1. The van der Waals surface area contributed by atoms with E-state index in [0.29, 0.717) is 23.4 Å². The molecule has 27 heavy (non-hydrogen) atoms. The zero-order chi connectivity index (χ0) is 19.4. The summed E-state index contributed by atoms with van der Waals surface area (Å²) in [7, 11) is 1.57. The predicted octanol–water partition coefficient (Wildman–Crippen LogP) is 3.53. The maximum atomic E-state index is 12.3. The Bertz CT molecular complexity index is 972. The summed E-state index contributed by atoms with van der Waals surface area (Å²) in [5.74, 6) is -0.293. The molecule has 0 saturated carbocycles. The van der Waals surface area contributed by atoms with Gasteiger partial charge < -0.3 is 19.2 Å². The van der Waals surface area contributed by atoms with Gasteiger partial charge in [0.25, 0.3) is 5.91 Å². The van der Waals surface area contributed by atoms with Gasteiger partial charge in [0.2, 0.25) is 5.76 Å². The fraction of sp³-hybridized carbons (Fsp3) is 0.238. The smallest absolute Gasteiger partial charge is 0.375 e. The Kier molecular flexibility index (Phi) is 5.45. The minimum absolute atomic E-state index is 0.0876. The molecule has 0 fully saturated rings. The lowest BCUT2D eigenvalue weighted by Gasteiger charge is -2.06. The Morgan fingerprint density at radius 2 is 1.81 bits per heavy atom. The molecule has 1 amide bonds. The monoisotopic (exact) mass is 367 g/mol. The van der Waals surface area contributed by atoms with Gasteiger partial charge in [-0.15, -0.1) is 0 Å². The molecule has 0 spiro atoms. The van der Waals surface area contributed by atoms with Crippen molar-refractivity contribution < 1.29 is 23.5 Å². The molecule has 140 valence electrons. The zero-order valence-corrected chi connectivity index (χ0v) is 15.5. The molecule has 2 aromatic carbocycles. The zero-order valence-electron chi connectivity index (χ0n) is 15.5. The van der Waals surface area contributed by atoms with Crippen molar-refractivity contribution in [3.8, 4) is 5.75 Å². The third-order valence-corrected chi connectivity index (χ3v) is 4.27. The Hall–Kier alpha value is -3.28. The van der Waals surface area contributed by atoms with Crippen molar-refractivity contribution in [1.29, 1.82) is 0 Å². The van der Waals surface area contributed by atoms with E-state index in [9.17, 15) is 9.59 Å². The highest BCUT2D eigenvalue weighted by atomic mass is 16.5. The van der Waals surface area contributed by atoms with Crippen LogP contribution in [-0.4, -0.2) is 25.6 Å². The first-order chi connectivity index (χ1) is 13.0. The molecular weight excluding hydrogens is 346 g/mol. The highest BCUT2D eigenvalue weighted by Crippen LogP contribution is 2.29. The van der Waals surface area contributed by atoms with Crippen LogP contribution in [0.3, 0.4) is 0 Å². The first kappa shape index (κ1) is 18.5. The molecule has 0 saturated heterocycles. The van der Waals surface area contributed by atoms with Crippen LogP contribution in [0.25, 0.3) is 11.0 Å². The minimum Gasteiger partial charge on any atom is -0.497 e. The number of nitrogens with one attached hydrogen (secondary N) is 1. The molecule has 0 aliphatic carbocycles. The van der Waals surface area contributed by atoms with Gasteiger partial charge in [0.15, 0.2) is 6.61 Å². The normalized spacial score (nSPS) is 10.6. The van der Waals surface area contributed by atoms with Gasteiger partial charge in [0.1, 0.15) is 11.3 Å². The number of fused-ring (bicyclic) bond motifs is 1. The molecule has 0 radical (unpaired) electrons. The van der Waals surface area contributed by atoms with Gasteiger partial charge in [-0.2, -0.15) is 0 Å². The first-order valence-electron chi connectivity index (χ1n) is 8.54. The molecule has 1 aromatic heterocycles. The van der Waals surface area contributed by atoms with E-state index in [1.807, 2.05) is 31.2 Å². The number of carbonyl (C=O) groups excluding carboxylic acids is 2. The van der Waals surface area contributed by atoms with Crippen LogP contribution in [0.4, 0.5) is 0 Å². The summed E-state index contributed by atoms with van der Waals surface area (Å²) in [5, 5.41) is 3.49. The molecule has 0 aliphatic rings. The molecule has 6 heteroatoms. The average molecular weight is 367 g/mol. The molecule has 3 aromatic rings. The molecule has 1 heterocycles. The molecule has 6 nitrogen and oxygen atoms in total. The number of methoxy groups -OCH3 is 1. The molecular formula is C21H21NO5. The SMILES string of the molecule is COc1ccc2oc(C(=O)OCC(=O)NCc3ccc(C)cc3)c(C)c2c1. The van der Waals surface area contributed by atoms with Gasteiger partial charge in [0.05, 0.1) is 7.11 Å². The van der Waals surface area contributed by atoms with Crippen molar-refractivity contribution >= 4 is 22.8 Å². The van der Waals surface area contributed by atoms with Crippen LogP contribution < -0.4 is 10.1 Å². The number of benzene rings is 2. The number of carbonyl (C=O) groups is 2. The summed E-state index contributed by atoms with van der Waals surface area (Å²) in [4.78, 5) is 24.2. The van der Waals surface area contributed by atoms with E-state index in [2.05, 4.69) is 5.32 Å². The summed E-state index contributed by atoms with van der Waals surface area (Å²) in [5.41, 5.74) is 3.33. The Morgan fingerprint density at radius 3 is 2.52 bits per heavy atom. The summed E-state index contributed by atoms with van der Waals surface area (Å²) in [6.45, 7) is 3.77. The summed E-state index contributed by atoms with van der Waals surface area (Å²) in [6.07, 6.45) is 0. The van der Waals surface area contributed by atoms with Crippen LogP contribution in [-0.2, 0) is 16.1 Å². The van der Waals surface area contributed by atoms with E-state index in [0.717, 1.165) is 16.5 Å². The number of hydrogen-bond donors (Lipinski definition) is 1. The number of ether oxygens (including phenoxy) is 2. The first-order valence-corrected chi connectivity index (χ1v) is 8.54. The molecule has 1 N–H and O–H groups in total. The Labute approximate surface area is 157 Å². The number of rotatable bonds is 6. The quantitative estimate of drug-likeness (QED) is 0.675. The van der Waals surface area contributed by atoms with E-state index in [-0.39, 0.29) is 18.3 Å². The van der Waals surface area contributed by atoms with Crippen molar-refractivity contribution in [1.82, 2.24) is 5.32 Å². The highest BCUT2D eigenvalue weighted by molar-refractivity contribution is 5.97. The van der Waals surface area contributed by atoms with Crippen molar-refractivity contribution in [2.45, 2.75) is 20.4 Å². The van der Waals surface area contributed by atoms with Crippen LogP contribution in [0.2, 0.25) is 0 Å². The maximum Gasteiger partial charge on any atom is 0.375 e. The third kappa shape index (κ3) is 4.28. The lowest BCUT2D eigenvalue weighted by atomic mass is 10.1. The summed E-state index contributed by atoms with van der Waals surface area (Å²) < 4.78 is 15.8. The topological polar surface area (TPSA) is 77.8 Å². The lowest BCUT2D eigenvalue weighted by molar-refractivity contribution is -0.124. The van der Waals surface area contributed by atoms with Crippen LogP contribution in [0.1, 0.15) is 27.2 Å². The van der Waals surface area contributed by atoms with E-state index < -0.39 is 5.97 Å². The number of aryl methyl sites for hydroxylation is 2. The lowest BCUT2D eigenvalue weighted by Crippen LogP contribution is -2.28. The minimum atomic E-state index is -0.673. The molecule has 0 atom stereocenters. The number of hydrogen-bond acceptors (Lipinski definition) is 5. The molecule has 3 rings (SSSR count). The second kappa shape index (κ2) is 7.95. The number of esters is 1. The van der Waals surface area contributed by atoms with Gasteiger partial charge in [-0.25, -0.2) is 4.79 Å². The van der Waals surface area contributed by atoms with Gasteiger partial charge >= 0.3 is 5.97 Å². The fourth-order valence-electron chi connectivity index (χ4n) is 2.68. The summed E-state index contributed by atoms with van der Waals surface area (Å²) in [6, 6.07) is 13.1. The van der Waals surface area contributed by atoms with Crippen LogP contribution >= 0.6 is 0 Å². The standard InChI is InChI=1S/C21H21NO5/c1-13-4-6-15(7-5-13)11-22-19(23)12-26-21(24)20-14(2)17-10-16(25-3)8-9-18(17)27-20/h4-10H,11-12H2,1-3H3,(H,22,23). The van der Waals surface area contributed by atoms with E-state index >= 15 is 0 Å². The van der Waals surface area contributed by atoms with Gasteiger partial charge in [-0.05, 0) is 37.6 Å². The maximum absolute atomic E-state index is 12.3. The second-order valence-electron chi connectivity index (χ2n) is 6.26. The summed E-state index contributed by atoms with van der Waals surface area (Å²) >= 11 is 0. The van der Waals surface area contributed by atoms with Crippen LogP contribution in [0.15, 0.2) is 46.9 Å². The van der Waals surface area contributed by atoms with Gasteiger partial charge in [-0.1, -0.05) is 29.8 Å². The van der Waals surface area contributed by atoms with Gasteiger partial charge in [0, 0.05) is 17.5 Å². The van der Waals surface area contributed by atoms with Crippen LogP contribution in [0.5, 0.6) is 5.75 Å².